The lowest BCUT2D eigenvalue weighted by molar-refractivity contribution is -0.120. The SMILES string of the molecule is O=C1CN(c2ccc(NC(=O)CC3CC4CCC(C3)N4)cn2)CCN1. The Morgan fingerprint density at radius 3 is 2.76 bits per heavy atom. The second-order valence-electron chi connectivity index (χ2n) is 7.40. The molecule has 3 N–H and O–H groups in total. The lowest BCUT2D eigenvalue weighted by atomic mass is 9.89. The third-order valence-electron chi connectivity index (χ3n) is 5.44. The van der Waals surface area contributed by atoms with Crippen LogP contribution in [0.2, 0.25) is 0 Å². The minimum Gasteiger partial charge on any atom is -0.353 e. The van der Waals surface area contributed by atoms with Crippen LogP contribution in [0.5, 0.6) is 0 Å². The highest BCUT2D eigenvalue weighted by Crippen LogP contribution is 2.32. The molecule has 1 aromatic rings. The van der Waals surface area contributed by atoms with Crippen LogP contribution in [0.25, 0.3) is 0 Å². The second kappa shape index (κ2) is 7.00. The molecule has 1 aromatic heterocycles. The number of rotatable bonds is 4. The summed E-state index contributed by atoms with van der Waals surface area (Å²) in [6.07, 6.45) is 6.98. The number of pyridine rings is 1. The summed E-state index contributed by atoms with van der Waals surface area (Å²) in [5.74, 6) is 1.33. The fourth-order valence-electron chi connectivity index (χ4n) is 4.30. The van der Waals surface area contributed by atoms with Crippen molar-refractivity contribution in [2.75, 3.05) is 29.9 Å². The van der Waals surface area contributed by atoms with Crippen LogP contribution in [0.15, 0.2) is 18.3 Å². The van der Waals surface area contributed by atoms with E-state index in [1.165, 1.54) is 12.8 Å². The molecular weight excluding hydrogens is 318 g/mol. The molecule has 3 fully saturated rings. The highest BCUT2D eigenvalue weighted by atomic mass is 16.2. The van der Waals surface area contributed by atoms with Crippen molar-refractivity contribution in [1.82, 2.24) is 15.6 Å². The Bertz CT molecular complexity index is 635. The number of aromatic nitrogens is 1. The number of fused-ring (bicyclic) bond motifs is 2. The Balaban J connectivity index is 1.30. The molecule has 3 aliphatic heterocycles. The number of hydrogen-bond acceptors (Lipinski definition) is 5. The zero-order valence-electron chi connectivity index (χ0n) is 14.3. The van der Waals surface area contributed by atoms with E-state index in [1.54, 1.807) is 6.20 Å². The maximum absolute atomic E-state index is 12.3. The largest absolute Gasteiger partial charge is 0.353 e. The van der Waals surface area contributed by atoms with Gasteiger partial charge in [0, 0.05) is 31.6 Å². The molecule has 3 saturated heterocycles. The standard InChI is InChI=1S/C18H25N5O2/c24-17(9-12-7-13-1-2-14(8-12)21-13)22-15-3-4-16(20-10-15)23-6-5-19-18(25)11-23/h3-4,10,12-14,21H,1-2,5-9,11H2,(H,19,25)(H,22,24). The minimum absolute atomic E-state index is 0.0152. The van der Waals surface area contributed by atoms with Crippen LogP contribution >= 0.6 is 0 Å². The molecule has 0 aliphatic carbocycles. The zero-order valence-corrected chi connectivity index (χ0v) is 14.3. The van der Waals surface area contributed by atoms with Crippen LogP contribution in [-0.4, -0.2) is 48.5 Å². The summed E-state index contributed by atoms with van der Waals surface area (Å²) < 4.78 is 0. The van der Waals surface area contributed by atoms with E-state index < -0.39 is 0 Å². The first-order valence-electron chi connectivity index (χ1n) is 9.19. The molecule has 2 amide bonds. The minimum atomic E-state index is 0.0152. The molecule has 134 valence electrons. The third kappa shape index (κ3) is 3.92. The number of carbonyl (C=O) groups excluding carboxylic acids is 2. The zero-order chi connectivity index (χ0) is 17.2. The van der Waals surface area contributed by atoms with Crippen molar-refractivity contribution in [1.29, 1.82) is 0 Å². The molecule has 7 nitrogen and oxygen atoms in total. The fraction of sp³-hybridized carbons (Fsp3) is 0.611. The second-order valence-corrected chi connectivity index (χ2v) is 7.40. The highest BCUT2D eigenvalue weighted by molar-refractivity contribution is 5.90. The molecule has 2 unspecified atom stereocenters. The number of nitrogens with one attached hydrogen (secondary N) is 3. The van der Waals surface area contributed by atoms with Crippen LogP contribution in [-0.2, 0) is 9.59 Å². The number of amides is 2. The van der Waals surface area contributed by atoms with Crippen molar-refractivity contribution in [2.24, 2.45) is 5.92 Å². The first kappa shape index (κ1) is 16.3. The van der Waals surface area contributed by atoms with Crippen molar-refractivity contribution in [3.8, 4) is 0 Å². The van der Waals surface area contributed by atoms with Crippen molar-refractivity contribution in [3.05, 3.63) is 18.3 Å². The number of anilines is 2. The molecule has 0 saturated carbocycles. The number of hydrogen-bond donors (Lipinski definition) is 3. The van der Waals surface area contributed by atoms with Crippen molar-refractivity contribution >= 4 is 23.3 Å². The molecule has 2 atom stereocenters. The van der Waals surface area contributed by atoms with Gasteiger partial charge in [-0.25, -0.2) is 4.98 Å². The van der Waals surface area contributed by atoms with Gasteiger partial charge in [-0.15, -0.1) is 0 Å². The van der Waals surface area contributed by atoms with Crippen LogP contribution in [0.3, 0.4) is 0 Å². The van der Waals surface area contributed by atoms with Gasteiger partial charge in [0.25, 0.3) is 0 Å². The van der Waals surface area contributed by atoms with E-state index in [0.717, 1.165) is 25.2 Å². The molecule has 3 aliphatic rings. The molecular formula is C18H25N5O2. The van der Waals surface area contributed by atoms with Crippen LogP contribution < -0.4 is 20.9 Å². The molecule has 7 heteroatoms. The van der Waals surface area contributed by atoms with Crippen LogP contribution in [0, 0.1) is 5.92 Å². The predicted octanol–water partition coefficient (Wildman–Crippen LogP) is 0.877. The molecule has 25 heavy (non-hydrogen) atoms. The fourth-order valence-corrected chi connectivity index (χ4v) is 4.30. The molecule has 4 heterocycles. The van der Waals surface area contributed by atoms with Gasteiger partial charge in [0.15, 0.2) is 0 Å². The summed E-state index contributed by atoms with van der Waals surface area (Å²) in [6.45, 7) is 1.72. The van der Waals surface area contributed by atoms with E-state index in [0.29, 0.717) is 43.2 Å². The van der Waals surface area contributed by atoms with E-state index in [4.69, 9.17) is 0 Å². The summed E-state index contributed by atoms with van der Waals surface area (Å²) >= 11 is 0. The van der Waals surface area contributed by atoms with E-state index >= 15 is 0 Å². The van der Waals surface area contributed by atoms with Crippen molar-refractivity contribution < 1.29 is 9.59 Å². The number of piperidine rings is 1. The van der Waals surface area contributed by atoms with Crippen LogP contribution in [0.1, 0.15) is 32.1 Å². The van der Waals surface area contributed by atoms with Gasteiger partial charge < -0.3 is 20.9 Å². The van der Waals surface area contributed by atoms with Gasteiger partial charge >= 0.3 is 0 Å². The van der Waals surface area contributed by atoms with E-state index in [2.05, 4.69) is 20.9 Å². The van der Waals surface area contributed by atoms with Crippen molar-refractivity contribution in [2.45, 2.75) is 44.2 Å². The lowest BCUT2D eigenvalue weighted by Gasteiger charge is -2.28. The van der Waals surface area contributed by atoms with Crippen LogP contribution in [0.4, 0.5) is 11.5 Å². The van der Waals surface area contributed by atoms with Gasteiger partial charge in [-0.1, -0.05) is 0 Å². The summed E-state index contributed by atoms with van der Waals surface area (Å²) in [5.41, 5.74) is 0.715. The number of nitrogens with zero attached hydrogens (tertiary/aromatic N) is 2. The Morgan fingerprint density at radius 1 is 1.28 bits per heavy atom. The van der Waals surface area contributed by atoms with Gasteiger partial charge in [0.2, 0.25) is 11.8 Å². The van der Waals surface area contributed by atoms with Gasteiger partial charge in [0.05, 0.1) is 18.4 Å². The number of carbonyl (C=O) groups is 2. The van der Waals surface area contributed by atoms with Gasteiger partial charge in [-0.3, -0.25) is 9.59 Å². The molecule has 0 aromatic carbocycles. The lowest BCUT2D eigenvalue weighted by Crippen LogP contribution is -2.48. The first-order chi connectivity index (χ1) is 12.2. The normalized spacial score (nSPS) is 28.6. The Labute approximate surface area is 147 Å². The van der Waals surface area contributed by atoms with Gasteiger partial charge in [-0.2, -0.15) is 0 Å². The Hall–Kier alpha value is -2.15. The van der Waals surface area contributed by atoms with E-state index in [1.807, 2.05) is 17.0 Å². The molecule has 0 radical (unpaired) electrons. The average Bonchev–Trinajstić information content (AvgIpc) is 2.94. The first-order valence-corrected chi connectivity index (χ1v) is 9.19. The Kier molecular flexibility index (Phi) is 4.57. The topological polar surface area (TPSA) is 86.4 Å². The predicted molar refractivity (Wildman–Crippen MR) is 95.4 cm³/mol. The quantitative estimate of drug-likeness (QED) is 0.755. The summed E-state index contributed by atoms with van der Waals surface area (Å²) in [4.78, 5) is 30.1. The van der Waals surface area contributed by atoms with E-state index in [9.17, 15) is 9.59 Å². The maximum Gasteiger partial charge on any atom is 0.239 e. The van der Waals surface area contributed by atoms with E-state index in [-0.39, 0.29) is 11.8 Å². The average molecular weight is 343 g/mol. The molecule has 2 bridgehead atoms. The van der Waals surface area contributed by atoms with Gasteiger partial charge in [0.1, 0.15) is 5.82 Å². The molecule has 4 rings (SSSR count). The summed E-state index contributed by atoms with van der Waals surface area (Å²) in [5, 5.41) is 9.37. The maximum atomic E-state index is 12.3. The molecule has 0 spiro atoms. The summed E-state index contributed by atoms with van der Waals surface area (Å²) in [7, 11) is 0. The highest BCUT2D eigenvalue weighted by Gasteiger charge is 2.34. The number of piperazine rings is 1. The Morgan fingerprint density at radius 2 is 2.08 bits per heavy atom. The smallest absolute Gasteiger partial charge is 0.239 e. The summed E-state index contributed by atoms with van der Waals surface area (Å²) in [6, 6.07) is 4.94. The monoisotopic (exact) mass is 343 g/mol. The third-order valence-corrected chi connectivity index (χ3v) is 5.44. The van der Waals surface area contributed by atoms with Crippen molar-refractivity contribution in [3.63, 3.8) is 0 Å². The van der Waals surface area contributed by atoms with Gasteiger partial charge in [-0.05, 0) is 43.7 Å².